The summed E-state index contributed by atoms with van der Waals surface area (Å²) in [6.07, 6.45) is 0. The summed E-state index contributed by atoms with van der Waals surface area (Å²) in [5.74, 6) is 1.38. The molecule has 7 nitrogen and oxygen atoms in total. The molecule has 29 heavy (non-hydrogen) atoms. The first-order valence-electron chi connectivity index (χ1n) is 9.55. The predicted molar refractivity (Wildman–Crippen MR) is 116 cm³/mol. The second kappa shape index (κ2) is 8.77. The SMILES string of the molecule is COc1ccc(-c2nc(NCc3ccc(N(C)C)cc3)n(C(=O)C(C)C)n2)cc1. The van der Waals surface area contributed by atoms with Crippen LogP contribution in [0.2, 0.25) is 0 Å². The Morgan fingerprint density at radius 3 is 2.31 bits per heavy atom. The predicted octanol–water partition coefficient (Wildman–Crippen LogP) is 3.93. The molecule has 0 aliphatic carbocycles. The van der Waals surface area contributed by atoms with Crippen molar-refractivity contribution in [3.63, 3.8) is 0 Å². The molecule has 0 amide bonds. The van der Waals surface area contributed by atoms with E-state index < -0.39 is 0 Å². The van der Waals surface area contributed by atoms with Crippen molar-refractivity contribution in [1.29, 1.82) is 0 Å². The van der Waals surface area contributed by atoms with Crippen LogP contribution < -0.4 is 15.0 Å². The monoisotopic (exact) mass is 393 g/mol. The highest BCUT2D eigenvalue weighted by Crippen LogP contribution is 2.22. The maximum absolute atomic E-state index is 12.6. The molecule has 0 aliphatic heterocycles. The van der Waals surface area contributed by atoms with Gasteiger partial charge in [0.2, 0.25) is 5.95 Å². The van der Waals surface area contributed by atoms with E-state index in [4.69, 9.17) is 4.74 Å². The van der Waals surface area contributed by atoms with E-state index in [-0.39, 0.29) is 11.8 Å². The van der Waals surface area contributed by atoms with Crippen LogP contribution in [0.1, 0.15) is 24.2 Å². The van der Waals surface area contributed by atoms with E-state index in [2.05, 4.69) is 44.6 Å². The molecule has 0 unspecified atom stereocenters. The van der Waals surface area contributed by atoms with Crippen molar-refractivity contribution in [2.45, 2.75) is 20.4 Å². The summed E-state index contributed by atoms with van der Waals surface area (Å²) in [7, 11) is 5.64. The van der Waals surface area contributed by atoms with Crippen molar-refractivity contribution >= 4 is 17.5 Å². The van der Waals surface area contributed by atoms with E-state index in [1.54, 1.807) is 7.11 Å². The minimum Gasteiger partial charge on any atom is -0.497 e. The number of hydrogen-bond donors (Lipinski definition) is 1. The van der Waals surface area contributed by atoms with Gasteiger partial charge in [0.1, 0.15) is 5.75 Å². The van der Waals surface area contributed by atoms with E-state index in [0.29, 0.717) is 18.3 Å². The standard InChI is InChI=1S/C22H27N5O2/c1-15(2)21(28)27-22(23-14-16-6-10-18(11-7-16)26(3)4)24-20(25-27)17-8-12-19(29-5)13-9-17/h6-13,15H,14H2,1-5H3,(H,23,24,25). The normalized spacial score (nSPS) is 10.8. The van der Waals surface area contributed by atoms with Gasteiger partial charge in [0.15, 0.2) is 5.82 Å². The molecule has 0 saturated carbocycles. The lowest BCUT2D eigenvalue weighted by molar-refractivity contribution is 0.0841. The lowest BCUT2D eigenvalue weighted by Crippen LogP contribution is -2.21. The highest BCUT2D eigenvalue weighted by Gasteiger charge is 2.19. The molecule has 1 aromatic heterocycles. The lowest BCUT2D eigenvalue weighted by atomic mass is 10.2. The zero-order valence-electron chi connectivity index (χ0n) is 17.5. The van der Waals surface area contributed by atoms with Gasteiger partial charge in [-0.3, -0.25) is 4.79 Å². The fraction of sp³-hybridized carbons (Fsp3) is 0.318. The molecular formula is C22H27N5O2. The van der Waals surface area contributed by atoms with Crippen molar-refractivity contribution in [1.82, 2.24) is 14.8 Å². The quantitative estimate of drug-likeness (QED) is 0.656. The van der Waals surface area contributed by atoms with Crippen molar-refractivity contribution in [2.75, 3.05) is 31.4 Å². The highest BCUT2D eigenvalue weighted by atomic mass is 16.5. The fourth-order valence-electron chi connectivity index (χ4n) is 2.78. The fourth-order valence-corrected chi connectivity index (χ4v) is 2.78. The topological polar surface area (TPSA) is 72.3 Å². The summed E-state index contributed by atoms with van der Waals surface area (Å²) >= 11 is 0. The maximum Gasteiger partial charge on any atom is 0.252 e. The molecule has 2 aromatic carbocycles. The number of carbonyl (C=O) groups excluding carboxylic acids is 1. The van der Waals surface area contributed by atoms with Gasteiger partial charge in [-0.25, -0.2) is 0 Å². The molecule has 3 aromatic rings. The summed E-state index contributed by atoms with van der Waals surface area (Å²) in [4.78, 5) is 19.3. The number of hydrogen-bond acceptors (Lipinski definition) is 6. The third-order valence-electron chi connectivity index (χ3n) is 4.56. The number of benzene rings is 2. The van der Waals surface area contributed by atoms with Crippen LogP contribution in [0.15, 0.2) is 48.5 Å². The Bertz CT molecular complexity index is 960. The van der Waals surface area contributed by atoms with Crippen LogP contribution in [0.3, 0.4) is 0 Å². The molecule has 152 valence electrons. The van der Waals surface area contributed by atoms with Gasteiger partial charge >= 0.3 is 0 Å². The van der Waals surface area contributed by atoms with E-state index >= 15 is 0 Å². The van der Waals surface area contributed by atoms with Gasteiger partial charge in [-0.1, -0.05) is 26.0 Å². The Labute approximate surface area is 171 Å². The zero-order valence-corrected chi connectivity index (χ0v) is 17.5. The van der Waals surface area contributed by atoms with Crippen LogP contribution in [0.25, 0.3) is 11.4 Å². The lowest BCUT2D eigenvalue weighted by Gasteiger charge is -2.13. The van der Waals surface area contributed by atoms with Gasteiger partial charge in [0.05, 0.1) is 7.11 Å². The van der Waals surface area contributed by atoms with Crippen LogP contribution in [-0.4, -0.2) is 41.9 Å². The molecule has 0 spiro atoms. The number of anilines is 2. The smallest absolute Gasteiger partial charge is 0.252 e. The minimum absolute atomic E-state index is 0.109. The number of nitrogens with one attached hydrogen (secondary N) is 1. The summed E-state index contributed by atoms with van der Waals surface area (Å²) in [5, 5.41) is 7.71. The summed E-state index contributed by atoms with van der Waals surface area (Å²) in [5.41, 5.74) is 3.04. The largest absolute Gasteiger partial charge is 0.497 e. The molecule has 1 N–H and O–H groups in total. The van der Waals surface area contributed by atoms with Gasteiger partial charge in [0.25, 0.3) is 5.91 Å². The maximum atomic E-state index is 12.6. The van der Waals surface area contributed by atoms with Crippen LogP contribution in [0.4, 0.5) is 11.6 Å². The molecule has 3 rings (SSSR count). The third kappa shape index (κ3) is 4.74. The molecule has 0 radical (unpaired) electrons. The van der Waals surface area contributed by atoms with Crippen molar-refractivity contribution in [3.8, 4) is 17.1 Å². The molecule has 7 heteroatoms. The molecule has 1 heterocycles. The number of ether oxygens (including phenoxy) is 1. The number of aromatic nitrogens is 3. The Morgan fingerprint density at radius 2 is 1.76 bits per heavy atom. The summed E-state index contributed by atoms with van der Waals surface area (Å²) in [6, 6.07) is 15.7. The first-order valence-corrected chi connectivity index (χ1v) is 9.55. The molecular weight excluding hydrogens is 366 g/mol. The highest BCUT2D eigenvalue weighted by molar-refractivity contribution is 5.83. The number of rotatable bonds is 7. The second-order valence-electron chi connectivity index (χ2n) is 7.31. The average molecular weight is 393 g/mol. The van der Waals surface area contributed by atoms with Gasteiger partial charge in [-0.15, -0.1) is 5.10 Å². The minimum atomic E-state index is -0.194. The van der Waals surface area contributed by atoms with Crippen molar-refractivity contribution in [3.05, 3.63) is 54.1 Å². The Hall–Kier alpha value is -3.35. The molecule has 0 bridgehead atoms. The summed E-state index contributed by atoms with van der Waals surface area (Å²) < 4.78 is 6.56. The van der Waals surface area contributed by atoms with Crippen LogP contribution in [0.5, 0.6) is 5.75 Å². The van der Waals surface area contributed by atoms with E-state index in [9.17, 15) is 4.79 Å². The van der Waals surface area contributed by atoms with Crippen LogP contribution in [-0.2, 0) is 6.54 Å². The van der Waals surface area contributed by atoms with Gasteiger partial charge in [0, 0.05) is 37.8 Å². The first kappa shape index (κ1) is 20.4. The molecule has 0 atom stereocenters. The molecule has 0 fully saturated rings. The Kier molecular flexibility index (Phi) is 6.16. The number of carbonyl (C=O) groups is 1. The van der Waals surface area contributed by atoms with Crippen LogP contribution in [0, 0.1) is 5.92 Å². The van der Waals surface area contributed by atoms with E-state index in [1.165, 1.54) is 4.68 Å². The molecule has 0 aliphatic rings. The summed E-state index contributed by atoms with van der Waals surface area (Å²) in [6.45, 7) is 4.24. The Morgan fingerprint density at radius 1 is 1.10 bits per heavy atom. The number of methoxy groups -OCH3 is 1. The number of nitrogens with zero attached hydrogens (tertiary/aromatic N) is 4. The third-order valence-corrected chi connectivity index (χ3v) is 4.56. The zero-order chi connectivity index (χ0) is 21.0. The van der Waals surface area contributed by atoms with Crippen LogP contribution >= 0.6 is 0 Å². The van der Waals surface area contributed by atoms with Crippen molar-refractivity contribution in [2.24, 2.45) is 5.92 Å². The second-order valence-corrected chi connectivity index (χ2v) is 7.31. The average Bonchev–Trinajstić information content (AvgIpc) is 3.16. The van der Waals surface area contributed by atoms with Crippen molar-refractivity contribution < 1.29 is 9.53 Å². The van der Waals surface area contributed by atoms with Gasteiger partial charge in [-0.2, -0.15) is 9.67 Å². The molecule has 0 saturated heterocycles. The Balaban J connectivity index is 1.85. The first-order chi connectivity index (χ1) is 13.9. The van der Waals surface area contributed by atoms with Gasteiger partial charge < -0.3 is 15.0 Å². The van der Waals surface area contributed by atoms with Gasteiger partial charge in [-0.05, 0) is 42.0 Å². The van der Waals surface area contributed by atoms with E-state index in [0.717, 1.165) is 22.6 Å². The van der Waals surface area contributed by atoms with E-state index in [1.807, 2.05) is 52.2 Å².